The second kappa shape index (κ2) is 11.8. The number of nitrogens with one attached hydrogen (secondary N) is 1. The van der Waals surface area contributed by atoms with E-state index in [4.69, 9.17) is 18.9 Å². The van der Waals surface area contributed by atoms with Crippen LogP contribution in [0.25, 0.3) is 6.08 Å². The molecule has 0 aromatic heterocycles. The van der Waals surface area contributed by atoms with E-state index >= 15 is 0 Å². The van der Waals surface area contributed by atoms with E-state index in [9.17, 15) is 18.4 Å². The minimum atomic E-state index is -2.52. The second-order valence-electron chi connectivity index (χ2n) is 5.85. The summed E-state index contributed by atoms with van der Waals surface area (Å²) in [6.45, 7) is -0.508. The molecule has 1 amide bonds. The largest absolute Gasteiger partial charge is 0.493 e. The number of hydrogen-bond acceptors (Lipinski definition) is 7. The molecule has 0 bridgehead atoms. The van der Waals surface area contributed by atoms with E-state index in [2.05, 4.69) is 5.32 Å². The summed E-state index contributed by atoms with van der Waals surface area (Å²) in [7, 11) is 4.43. The predicted octanol–water partition coefficient (Wildman–Crippen LogP) is 4.22. The van der Waals surface area contributed by atoms with Gasteiger partial charge in [0.25, 0.3) is 11.7 Å². The molecule has 1 N–H and O–H groups in total. The predicted molar refractivity (Wildman–Crippen MR) is 113 cm³/mol. The molecule has 0 unspecified atom stereocenters. The number of hydrogen-bond donors (Lipinski definition) is 1. The lowest BCUT2D eigenvalue weighted by atomic mass is 10.1. The highest BCUT2D eigenvalue weighted by Crippen LogP contribution is 2.38. The molecule has 0 saturated carbocycles. The molecule has 0 atom stereocenters. The van der Waals surface area contributed by atoms with Crippen molar-refractivity contribution < 1.29 is 37.3 Å². The van der Waals surface area contributed by atoms with E-state index in [1.165, 1.54) is 51.7 Å². The molecule has 0 radical (unpaired) electrons. The van der Waals surface area contributed by atoms with Gasteiger partial charge in [-0.25, -0.2) is 4.79 Å². The molecule has 0 aliphatic heterocycles. The fourth-order valence-corrected chi connectivity index (χ4v) is 2.96. The zero-order chi connectivity index (χ0) is 22.8. The molecule has 0 heterocycles. The maximum atomic E-state index is 12.3. The van der Waals surface area contributed by atoms with Crippen LogP contribution >= 0.6 is 11.8 Å². The second-order valence-corrected chi connectivity index (χ2v) is 6.91. The summed E-state index contributed by atoms with van der Waals surface area (Å²) >= 11 is 0.405. The topological polar surface area (TPSA) is 83.1 Å². The zero-order valence-electron chi connectivity index (χ0n) is 17.0. The number of alkyl halides is 2. The molecule has 31 heavy (non-hydrogen) atoms. The summed E-state index contributed by atoms with van der Waals surface area (Å²) in [5.41, 5.74) is 0.991. The molecule has 10 heteroatoms. The van der Waals surface area contributed by atoms with E-state index in [-0.39, 0.29) is 0 Å². The number of anilines is 1. The average molecular weight is 453 g/mol. The van der Waals surface area contributed by atoms with Crippen LogP contribution < -0.4 is 19.5 Å². The minimum absolute atomic E-state index is 0.372. The van der Waals surface area contributed by atoms with Crippen LogP contribution in [0, 0.1) is 0 Å². The molecule has 7 nitrogen and oxygen atoms in total. The third-order valence-corrected chi connectivity index (χ3v) is 4.53. The van der Waals surface area contributed by atoms with Crippen LogP contribution in [0.2, 0.25) is 0 Å². The lowest BCUT2D eigenvalue weighted by molar-refractivity contribution is -0.142. The Morgan fingerprint density at radius 1 is 1.03 bits per heavy atom. The molecule has 166 valence electrons. The van der Waals surface area contributed by atoms with E-state index in [0.29, 0.717) is 45.2 Å². The van der Waals surface area contributed by atoms with Crippen LogP contribution in [0.3, 0.4) is 0 Å². The smallest absolute Gasteiger partial charge is 0.331 e. The van der Waals surface area contributed by atoms with Crippen LogP contribution in [0.4, 0.5) is 14.5 Å². The number of rotatable bonds is 10. The van der Waals surface area contributed by atoms with Gasteiger partial charge in [0.2, 0.25) is 5.75 Å². The average Bonchev–Trinajstić information content (AvgIpc) is 2.76. The lowest BCUT2D eigenvalue weighted by Gasteiger charge is -2.12. The fraction of sp³-hybridized carbons (Fsp3) is 0.238. The Balaban J connectivity index is 1.90. The van der Waals surface area contributed by atoms with Crippen molar-refractivity contribution in [3.63, 3.8) is 0 Å². The van der Waals surface area contributed by atoms with Crippen molar-refractivity contribution in [3.8, 4) is 17.2 Å². The van der Waals surface area contributed by atoms with Gasteiger partial charge >= 0.3 is 5.97 Å². The van der Waals surface area contributed by atoms with Crippen LogP contribution in [-0.4, -0.2) is 45.6 Å². The van der Waals surface area contributed by atoms with Gasteiger partial charge in [0.1, 0.15) is 0 Å². The van der Waals surface area contributed by atoms with Gasteiger partial charge in [-0.05, 0) is 48.0 Å². The van der Waals surface area contributed by atoms with Crippen molar-refractivity contribution in [1.29, 1.82) is 0 Å². The molecule has 0 aliphatic rings. The molecule has 2 aromatic rings. The Morgan fingerprint density at radius 2 is 1.65 bits per heavy atom. The summed E-state index contributed by atoms with van der Waals surface area (Å²) in [5, 5.41) is 2.51. The maximum absolute atomic E-state index is 12.3. The summed E-state index contributed by atoms with van der Waals surface area (Å²) in [4.78, 5) is 24.2. The van der Waals surface area contributed by atoms with Crippen LogP contribution in [-0.2, 0) is 14.3 Å². The Kier molecular flexibility index (Phi) is 9.13. The number of thioether (sulfide) groups is 1. The van der Waals surface area contributed by atoms with Gasteiger partial charge in [0.15, 0.2) is 18.1 Å². The molecule has 0 fully saturated rings. The molecule has 0 aliphatic carbocycles. The standard InChI is InChI=1S/C21H21F2NO6S/c1-27-16-10-13(11-17(28-2)20(16)29-3)4-9-19(26)30-12-18(25)24-14-5-7-15(8-6-14)31-21(22)23/h4-11,21H,12H2,1-3H3,(H,24,25)/b9-4+. The molecular weight excluding hydrogens is 432 g/mol. The van der Waals surface area contributed by atoms with Crippen molar-refractivity contribution in [3.05, 3.63) is 48.0 Å². The highest BCUT2D eigenvalue weighted by atomic mass is 32.2. The Hall–Kier alpha value is -3.27. The first kappa shape index (κ1) is 24.0. The molecule has 0 spiro atoms. The third kappa shape index (κ3) is 7.49. The maximum Gasteiger partial charge on any atom is 0.331 e. The van der Waals surface area contributed by atoms with Crippen LogP contribution in [0.5, 0.6) is 17.2 Å². The number of ether oxygens (including phenoxy) is 4. The number of benzene rings is 2. The van der Waals surface area contributed by atoms with Gasteiger partial charge in [-0.15, -0.1) is 0 Å². The molecule has 0 saturated heterocycles. The first-order valence-corrected chi connectivity index (χ1v) is 9.73. The van der Waals surface area contributed by atoms with Crippen molar-refractivity contribution in [2.75, 3.05) is 33.3 Å². The lowest BCUT2D eigenvalue weighted by Crippen LogP contribution is -2.20. The van der Waals surface area contributed by atoms with Gasteiger partial charge in [0.05, 0.1) is 21.3 Å². The quantitative estimate of drug-likeness (QED) is 0.328. The highest BCUT2D eigenvalue weighted by Gasteiger charge is 2.12. The Labute approximate surface area is 182 Å². The highest BCUT2D eigenvalue weighted by molar-refractivity contribution is 7.99. The first-order chi connectivity index (χ1) is 14.9. The zero-order valence-corrected chi connectivity index (χ0v) is 17.8. The summed E-state index contributed by atoms with van der Waals surface area (Å²) < 4.78 is 45.2. The first-order valence-electron chi connectivity index (χ1n) is 8.85. The Morgan fingerprint density at radius 3 is 2.16 bits per heavy atom. The van der Waals surface area contributed by atoms with Gasteiger partial charge < -0.3 is 24.3 Å². The van der Waals surface area contributed by atoms with E-state index in [1.807, 2.05) is 0 Å². The van der Waals surface area contributed by atoms with E-state index < -0.39 is 24.2 Å². The van der Waals surface area contributed by atoms with Gasteiger partial charge in [-0.1, -0.05) is 11.8 Å². The van der Waals surface area contributed by atoms with Gasteiger partial charge in [-0.2, -0.15) is 8.78 Å². The summed E-state index contributed by atoms with van der Waals surface area (Å²) in [6, 6.07) is 9.17. The summed E-state index contributed by atoms with van der Waals surface area (Å²) in [6.07, 6.45) is 2.63. The van der Waals surface area contributed by atoms with Crippen molar-refractivity contribution in [2.24, 2.45) is 0 Å². The number of carbonyl (C=O) groups is 2. The van der Waals surface area contributed by atoms with Crippen molar-refractivity contribution in [1.82, 2.24) is 0 Å². The SMILES string of the molecule is COc1cc(/C=C/C(=O)OCC(=O)Nc2ccc(SC(F)F)cc2)cc(OC)c1OC. The minimum Gasteiger partial charge on any atom is -0.493 e. The van der Waals surface area contributed by atoms with Crippen LogP contribution in [0.1, 0.15) is 5.56 Å². The number of halogens is 2. The molecular formula is C21H21F2NO6S. The Bertz CT molecular complexity index is 909. The third-order valence-electron chi connectivity index (χ3n) is 3.81. The van der Waals surface area contributed by atoms with Crippen molar-refractivity contribution in [2.45, 2.75) is 10.7 Å². The molecule has 2 aromatic carbocycles. The van der Waals surface area contributed by atoms with Gasteiger partial charge in [0, 0.05) is 16.7 Å². The van der Waals surface area contributed by atoms with E-state index in [0.717, 1.165) is 6.08 Å². The van der Waals surface area contributed by atoms with Crippen LogP contribution in [0.15, 0.2) is 47.4 Å². The summed E-state index contributed by atoms with van der Waals surface area (Å²) in [5.74, 6) is -2.55. The number of methoxy groups -OCH3 is 3. The van der Waals surface area contributed by atoms with Gasteiger partial charge in [-0.3, -0.25) is 4.79 Å². The number of esters is 1. The molecule has 2 rings (SSSR count). The van der Waals surface area contributed by atoms with E-state index in [1.54, 1.807) is 12.1 Å². The monoisotopic (exact) mass is 453 g/mol. The fourth-order valence-electron chi connectivity index (χ4n) is 2.46. The van der Waals surface area contributed by atoms with Crippen molar-refractivity contribution >= 4 is 35.4 Å². The number of amides is 1. The normalized spacial score (nSPS) is 10.8. The number of carbonyl (C=O) groups excluding carboxylic acids is 2.